The molecular formula is C14H22BrNO. The normalized spacial score (nSPS) is 13.0. The van der Waals surface area contributed by atoms with Crippen LogP contribution in [0.4, 0.5) is 0 Å². The largest absolute Gasteiger partial charge is 0.393 e. The van der Waals surface area contributed by atoms with Crippen LogP contribution in [0.3, 0.4) is 0 Å². The molecule has 0 bridgehead atoms. The molecule has 0 aliphatic heterocycles. The lowest BCUT2D eigenvalue weighted by Crippen LogP contribution is -2.08. The van der Waals surface area contributed by atoms with E-state index in [9.17, 15) is 5.11 Å². The molecule has 0 fully saturated rings. The molecule has 1 heterocycles. The van der Waals surface area contributed by atoms with Crippen molar-refractivity contribution in [1.82, 2.24) is 4.98 Å². The van der Waals surface area contributed by atoms with Crippen LogP contribution in [0, 0.1) is 5.92 Å². The van der Waals surface area contributed by atoms with Crippen molar-refractivity contribution < 1.29 is 5.11 Å². The van der Waals surface area contributed by atoms with E-state index in [0.29, 0.717) is 0 Å². The lowest BCUT2D eigenvalue weighted by molar-refractivity contribution is 0.149. The predicted octanol–water partition coefficient (Wildman–Crippen LogP) is 3.96. The summed E-state index contributed by atoms with van der Waals surface area (Å²) in [7, 11) is 0. The second-order valence-electron chi connectivity index (χ2n) is 4.99. The SMILES string of the molecule is CC(C)CCCC(O)CCc1ccc(Br)cn1. The number of halogens is 1. The highest BCUT2D eigenvalue weighted by molar-refractivity contribution is 9.10. The Morgan fingerprint density at radius 1 is 1.24 bits per heavy atom. The van der Waals surface area contributed by atoms with Crippen LogP contribution in [0.15, 0.2) is 22.8 Å². The monoisotopic (exact) mass is 299 g/mol. The summed E-state index contributed by atoms with van der Waals surface area (Å²) in [5.74, 6) is 0.732. The molecule has 1 aromatic heterocycles. The second kappa shape index (κ2) is 7.83. The Kier molecular flexibility index (Phi) is 6.75. The Labute approximate surface area is 113 Å². The number of pyridine rings is 1. The second-order valence-corrected chi connectivity index (χ2v) is 5.90. The molecule has 0 saturated carbocycles. The standard InChI is InChI=1S/C14H22BrNO/c1-11(2)4-3-5-14(17)9-8-13-7-6-12(15)10-16-13/h6-7,10-11,14,17H,3-5,8-9H2,1-2H3. The molecule has 0 aromatic carbocycles. The molecule has 1 N–H and O–H groups in total. The average molecular weight is 300 g/mol. The Balaban J connectivity index is 2.19. The fourth-order valence-corrected chi connectivity index (χ4v) is 2.01. The summed E-state index contributed by atoms with van der Waals surface area (Å²) in [6.07, 6.45) is 6.53. The molecule has 0 amide bonds. The summed E-state index contributed by atoms with van der Waals surface area (Å²) in [5.41, 5.74) is 1.05. The van der Waals surface area contributed by atoms with Gasteiger partial charge in [-0.1, -0.05) is 26.7 Å². The van der Waals surface area contributed by atoms with E-state index in [-0.39, 0.29) is 6.10 Å². The summed E-state index contributed by atoms with van der Waals surface area (Å²) in [4.78, 5) is 4.30. The Bertz CT molecular complexity index is 311. The minimum Gasteiger partial charge on any atom is -0.393 e. The third-order valence-corrected chi connectivity index (χ3v) is 3.31. The number of hydrogen-bond donors (Lipinski definition) is 1. The fourth-order valence-electron chi connectivity index (χ4n) is 1.77. The zero-order valence-corrected chi connectivity index (χ0v) is 12.3. The number of hydrogen-bond acceptors (Lipinski definition) is 2. The van der Waals surface area contributed by atoms with Crippen LogP contribution in [0.25, 0.3) is 0 Å². The van der Waals surface area contributed by atoms with Crippen molar-refractivity contribution in [3.8, 4) is 0 Å². The molecule has 0 saturated heterocycles. The summed E-state index contributed by atoms with van der Waals surface area (Å²) in [6, 6.07) is 4.00. The molecule has 17 heavy (non-hydrogen) atoms. The molecular weight excluding hydrogens is 278 g/mol. The molecule has 1 atom stereocenters. The van der Waals surface area contributed by atoms with E-state index in [4.69, 9.17) is 0 Å². The van der Waals surface area contributed by atoms with Crippen LogP contribution < -0.4 is 0 Å². The molecule has 0 aliphatic carbocycles. The molecule has 2 nitrogen and oxygen atoms in total. The van der Waals surface area contributed by atoms with Crippen LogP contribution in [0.1, 0.15) is 45.2 Å². The maximum Gasteiger partial charge on any atom is 0.0544 e. The minimum absolute atomic E-state index is 0.181. The summed E-state index contributed by atoms with van der Waals surface area (Å²) >= 11 is 3.36. The molecule has 1 unspecified atom stereocenters. The molecule has 1 rings (SSSR count). The van der Waals surface area contributed by atoms with Crippen LogP contribution in [0.2, 0.25) is 0 Å². The zero-order chi connectivity index (χ0) is 12.7. The van der Waals surface area contributed by atoms with Crippen molar-refractivity contribution in [2.75, 3.05) is 0 Å². The lowest BCUT2D eigenvalue weighted by atomic mass is 10.0. The van der Waals surface area contributed by atoms with Gasteiger partial charge < -0.3 is 5.11 Å². The highest BCUT2D eigenvalue weighted by Crippen LogP contribution is 2.13. The van der Waals surface area contributed by atoms with E-state index in [2.05, 4.69) is 34.8 Å². The van der Waals surface area contributed by atoms with E-state index >= 15 is 0 Å². The number of rotatable bonds is 7. The first kappa shape index (κ1) is 14.7. The van der Waals surface area contributed by atoms with E-state index in [1.54, 1.807) is 6.20 Å². The van der Waals surface area contributed by atoms with E-state index in [1.165, 1.54) is 6.42 Å². The average Bonchev–Trinajstić information content (AvgIpc) is 2.28. The van der Waals surface area contributed by atoms with Crippen LogP contribution in [0.5, 0.6) is 0 Å². The van der Waals surface area contributed by atoms with Crippen molar-refractivity contribution >= 4 is 15.9 Å². The van der Waals surface area contributed by atoms with Crippen molar-refractivity contribution in [2.24, 2.45) is 5.92 Å². The number of aliphatic hydroxyl groups is 1. The third-order valence-electron chi connectivity index (χ3n) is 2.84. The van der Waals surface area contributed by atoms with Gasteiger partial charge in [0.1, 0.15) is 0 Å². The number of aliphatic hydroxyl groups excluding tert-OH is 1. The van der Waals surface area contributed by atoms with Gasteiger partial charge in [0.15, 0.2) is 0 Å². The van der Waals surface area contributed by atoms with Gasteiger partial charge in [0.05, 0.1) is 6.10 Å². The van der Waals surface area contributed by atoms with Gasteiger partial charge in [-0.2, -0.15) is 0 Å². The van der Waals surface area contributed by atoms with Crippen LogP contribution >= 0.6 is 15.9 Å². The topological polar surface area (TPSA) is 33.1 Å². The first-order valence-corrected chi connectivity index (χ1v) is 7.15. The Hall–Kier alpha value is -0.410. The molecule has 1 aromatic rings. The summed E-state index contributed by atoms with van der Waals surface area (Å²) in [6.45, 7) is 4.44. The maximum atomic E-state index is 9.84. The molecule has 0 radical (unpaired) electrons. The van der Waals surface area contributed by atoms with Crippen molar-refractivity contribution in [3.05, 3.63) is 28.5 Å². The smallest absolute Gasteiger partial charge is 0.0544 e. The first-order valence-electron chi connectivity index (χ1n) is 6.36. The fraction of sp³-hybridized carbons (Fsp3) is 0.643. The van der Waals surface area contributed by atoms with Crippen LogP contribution in [-0.2, 0) is 6.42 Å². The van der Waals surface area contributed by atoms with Gasteiger partial charge in [-0.25, -0.2) is 0 Å². The molecule has 96 valence electrons. The van der Waals surface area contributed by atoms with Crippen molar-refractivity contribution in [2.45, 2.75) is 52.1 Å². The first-order chi connectivity index (χ1) is 8.08. The molecule has 0 spiro atoms. The third kappa shape index (κ3) is 6.79. The highest BCUT2D eigenvalue weighted by atomic mass is 79.9. The van der Waals surface area contributed by atoms with Crippen molar-refractivity contribution in [1.29, 1.82) is 0 Å². The quantitative estimate of drug-likeness (QED) is 0.826. The lowest BCUT2D eigenvalue weighted by Gasteiger charge is -2.11. The van der Waals surface area contributed by atoms with Gasteiger partial charge in [0, 0.05) is 16.4 Å². The number of aryl methyl sites for hydroxylation is 1. The minimum atomic E-state index is -0.181. The van der Waals surface area contributed by atoms with Gasteiger partial charge >= 0.3 is 0 Å². The van der Waals surface area contributed by atoms with E-state index in [0.717, 1.165) is 41.8 Å². The van der Waals surface area contributed by atoms with E-state index < -0.39 is 0 Å². The summed E-state index contributed by atoms with van der Waals surface area (Å²) in [5, 5.41) is 9.84. The molecule has 3 heteroatoms. The Morgan fingerprint density at radius 3 is 2.59 bits per heavy atom. The highest BCUT2D eigenvalue weighted by Gasteiger charge is 2.06. The Morgan fingerprint density at radius 2 is 2.00 bits per heavy atom. The van der Waals surface area contributed by atoms with Gasteiger partial charge in [-0.15, -0.1) is 0 Å². The van der Waals surface area contributed by atoms with Crippen molar-refractivity contribution in [3.63, 3.8) is 0 Å². The zero-order valence-electron chi connectivity index (χ0n) is 10.7. The van der Waals surface area contributed by atoms with E-state index in [1.807, 2.05) is 12.1 Å². The maximum absolute atomic E-state index is 9.84. The predicted molar refractivity (Wildman–Crippen MR) is 75.0 cm³/mol. The van der Waals surface area contributed by atoms with Gasteiger partial charge in [-0.3, -0.25) is 4.98 Å². The number of aromatic nitrogens is 1. The van der Waals surface area contributed by atoms with Crippen LogP contribution in [-0.4, -0.2) is 16.2 Å². The summed E-state index contributed by atoms with van der Waals surface area (Å²) < 4.78 is 0.999. The number of nitrogens with zero attached hydrogens (tertiary/aromatic N) is 1. The van der Waals surface area contributed by atoms with Gasteiger partial charge in [-0.05, 0) is 53.2 Å². The molecule has 0 aliphatic rings. The van der Waals surface area contributed by atoms with Gasteiger partial charge in [0.25, 0.3) is 0 Å². The van der Waals surface area contributed by atoms with Gasteiger partial charge in [0.2, 0.25) is 0 Å².